The van der Waals surface area contributed by atoms with E-state index in [1.54, 1.807) is 0 Å². The zero-order valence-electron chi connectivity index (χ0n) is 11.4. The van der Waals surface area contributed by atoms with E-state index in [1.165, 1.54) is 7.05 Å². The maximum absolute atomic E-state index is 13.8. The van der Waals surface area contributed by atoms with E-state index in [-0.39, 0.29) is 12.5 Å². The molecule has 1 aromatic carbocycles. The lowest BCUT2D eigenvalue weighted by Crippen LogP contribution is -2.43. The third kappa shape index (κ3) is 3.04. The molecule has 0 aromatic heterocycles. The van der Waals surface area contributed by atoms with E-state index in [9.17, 15) is 22.9 Å². The molecule has 0 radical (unpaired) electrons. The predicted molar refractivity (Wildman–Crippen MR) is 73.6 cm³/mol. The van der Waals surface area contributed by atoms with Crippen LogP contribution in [0.25, 0.3) is 0 Å². The number of halogens is 1. The summed E-state index contributed by atoms with van der Waals surface area (Å²) < 4.78 is 39.8. The summed E-state index contributed by atoms with van der Waals surface area (Å²) in [6.07, 6.45) is 1.75. The Morgan fingerprint density at radius 2 is 2.14 bits per heavy atom. The van der Waals surface area contributed by atoms with Gasteiger partial charge in [-0.25, -0.2) is 12.8 Å². The van der Waals surface area contributed by atoms with E-state index in [1.807, 2.05) is 0 Å². The number of rotatable bonds is 6. The summed E-state index contributed by atoms with van der Waals surface area (Å²) in [7, 11) is -2.85. The van der Waals surface area contributed by atoms with Gasteiger partial charge in [-0.3, -0.25) is 10.1 Å². The van der Waals surface area contributed by atoms with Gasteiger partial charge in [0.2, 0.25) is 10.0 Å². The van der Waals surface area contributed by atoms with E-state index in [0.29, 0.717) is 0 Å². The normalized spacial score (nSPS) is 17.0. The molecule has 0 aliphatic heterocycles. The minimum absolute atomic E-state index is 0.122. The molecular weight excluding hydrogens is 301 g/mol. The Bertz CT molecular complexity index is 660. The van der Waals surface area contributed by atoms with Crippen molar-refractivity contribution >= 4 is 15.7 Å². The Hall–Kier alpha value is -1.58. The molecule has 2 N–H and O–H groups in total. The number of nitrogens with zero attached hydrogens (tertiary/aromatic N) is 2. The number of nitro groups is 1. The average Bonchev–Trinajstić information content (AvgIpc) is 3.24. The van der Waals surface area contributed by atoms with Crippen molar-refractivity contribution in [1.82, 2.24) is 4.31 Å². The van der Waals surface area contributed by atoms with Crippen LogP contribution in [0.3, 0.4) is 0 Å². The van der Waals surface area contributed by atoms with E-state index in [0.717, 1.165) is 35.3 Å². The van der Waals surface area contributed by atoms with Crippen molar-refractivity contribution < 1.29 is 17.7 Å². The first-order valence-electron chi connectivity index (χ1n) is 6.41. The summed E-state index contributed by atoms with van der Waals surface area (Å²) in [4.78, 5) is 9.26. The number of nitro benzene ring substituents is 1. The first-order chi connectivity index (χ1) is 9.78. The summed E-state index contributed by atoms with van der Waals surface area (Å²) in [6, 6.07) is 2.03. The molecule has 1 saturated carbocycles. The lowest BCUT2D eigenvalue weighted by atomic mass is 10.2. The van der Waals surface area contributed by atoms with Crippen LogP contribution < -0.4 is 5.73 Å². The molecule has 1 atom stereocenters. The first-order valence-corrected chi connectivity index (χ1v) is 7.85. The Kier molecular flexibility index (Phi) is 4.26. The third-order valence-corrected chi connectivity index (χ3v) is 5.56. The van der Waals surface area contributed by atoms with Crippen molar-refractivity contribution in [3.8, 4) is 0 Å². The molecule has 0 saturated heterocycles. The first kappa shape index (κ1) is 15.8. The third-order valence-electron chi connectivity index (χ3n) is 3.66. The van der Waals surface area contributed by atoms with Gasteiger partial charge in [0.25, 0.3) is 5.69 Å². The lowest BCUT2D eigenvalue weighted by Gasteiger charge is -2.26. The van der Waals surface area contributed by atoms with E-state index in [2.05, 4.69) is 0 Å². The highest BCUT2D eigenvalue weighted by Crippen LogP contribution is 2.36. The quantitative estimate of drug-likeness (QED) is 0.624. The Morgan fingerprint density at radius 1 is 1.52 bits per heavy atom. The summed E-state index contributed by atoms with van der Waals surface area (Å²) in [5.41, 5.74) is 5.12. The van der Waals surface area contributed by atoms with Crippen molar-refractivity contribution in [3.63, 3.8) is 0 Å². The lowest BCUT2D eigenvalue weighted by molar-refractivity contribution is -0.385. The van der Waals surface area contributed by atoms with Gasteiger partial charge in [0.05, 0.1) is 4.92 Å². The number of sulfonamides is 1. The largest absolute Gasteiger partial charge is 0.329 e. The number of likely N-dealkylation sites (N-methyl/N-ethyl adjacent to an activating group) is 1. The standard InChI is InChI=1S/C12H16FN3O4S/c1-15(11(7-14)8-2-3-8)21(19,20)12-6-9(16(17)18)4-5-10(12)13/h4-6,8,11H,2-3,7,14H2,1H3. The second kappa shape index (κ2) is 5.66. The van der Waals surface area contributed by atoms with Crippen LogP contribution in [0.2, 0.25) is 0 Å². The maximum atomic E-state index is 13.8. The Balaban J connectivity index is 2.43. The van der Waals surface area contributed by atoms with Crippen molar-refractivity contribution in [1.29, 1.82) is 0 Å². The fourth-order valence-corrected chi connectivity index (χ4v) is 3.76. The second-order valence-electron chi connectivity index (χ2n) is 5.03. The van der Waals surface area contributed by atoms with Gasteiger partial charge >= 0.3 is 0 Å². The fourth-order valence-electron chi connectivity index (χ4n) is 2.26. The molecule has 1 aliphatic carbocycles. The topological polar surface area (TPSA) is 107 Å². The van der Waals surface area contributed by atoms with Crippen LogP contribution in [-0.2, 0) is 10.0 Å². The molecule has 0 heterocycles. The number of hydrogen-bond acceptors (Lipinski definition) is 5. The zero-order valence-corrected chi connectivity index (χ0v) is 12.2. The molecule has 0 spiro atoms. The molecule has 9 heteroatoms. The average molecular weight is 317 g/mol. The smallest absolute Gasteiger partial charge is 0.270 e. The molecule has 1 unspecified atom stereocenters. The van der Waals surface area contributed by atoms with Gasteiger partial charge in [0.1, 0.15) is 10.7 Å². The molecule has 1 aromatic rings. The molecule has 0 bridgehead atoms. The maximum Gasteiger partial charge on any atom is 0.270 e. The Labute approximate surface area is 121 Å². The van der Waals surface area contributed by atoms with Crippen molar-refractivity contribution in [2.75, 3.05) is 13.6 Å². The van der Waals surface area contributed by atoms with Crippen LogP contribution in [0.1, 0.15) is 12.8 Å². The monoisotopic (exact) mass is 317 g/mol. The van der Waals surface area contributed by atoms with Gasteiger partial charge < -0.3 is 5.73 Å². The second-order valence-corrected chi connectivity index (χ2v) is 7.00. The van der Waals surface area contributed by atoms with Crippen LogP contribution in [0.15, 0.2) is 23.1 Å². The summed E-state index contributed by atoms with van der Waals surface area (Å²) in [5.74, 6) is -0.851. The van der Waals surface area contributed by atoms with Gasteiger partial charge in [-0.15, -0.1) is 0 Å². The van der Waals surface area contributed by atoms with Gasteiger partial charge in [0, 0.05) is 31.8 Å². The number of non-ortho nitro benzene ring substituents is 1. The van der Waals surface area contributed by atoms with Crippen LogP contribution in [0, 0.1) is 21.8 Å². The van der Waals surface area contributed by atoms with E-state index >= 15 is 0 Å². The predicted octanol–water partition coefficient (Wildman–Crippen LogP) is 1.09. The fraction of sp³-hybridized carbons (Fsp3) is 0.500. The Morgan fingerprint density at radius 3 is 2.62 bits per heavy atom. The van der Waals surface area contributed by atoms with Gasteiger partial charge in [-0.2, -0.15) is 4.31 Å². The number of benzene rings is 1. The van der Waals surface area contributed by atoms with Crippen LogP contribution in [0.4, 0.5) is 10.1 Å². The molecule has 0 amide bonds. The van der Waals surface area contributed by atoms with Gasteiger partial charge in [0.15, 0.2) is 0 Å². The van der Waals surface area contributed by atoms with E-state index in [4.69, 9.17) is 5.73 Å². The van der Waals surface area contributed by atoms with Crippen molar-refractivity contribution in [3.05, 3.63) is 34.1 Å². The molecule has 21 heavy (non-hydrogen) atoms. The van der Waals surface area contributed by atoms with E-state index < -0.39 is 37.4 Å². The van der Waals surface area contributed by atoms with Gasteiger partial charge in [-0.05, 0) is 24.8 Å². The van der Waals surface area contributed by atoms with Crippen LogP contribution in [0.5, 0.6) is 0 Å². The highest BCUT2D eigenvalue weighted by atomic mass is 32.2. The summed E-state index contributed by atoms with van der Waals surface area (Å²) in [5, 5.41) is 10.7. The molecule has 1 aliphatic rings. The number of hydrogen-bond donors (Lipinski definition) is 1. The molecule has 116 valence electrons. The highest BCUT2D eigenvalue weighted by Gasteiger charge is 2.39. The molecule has 7 nitrogen and oxygen atoms in total. The SMILES string of the molecule is CN(C(CN)C1CC1)S(=O)(=O)c1cc([N+](=O)[O-])ccc1F. The summed E-state index contributed by atoms with van der Waals surface area (Å²) >= 11 is 0. The van der Waals surface area contributed by atoms with Gasteiger partial charge in [-0.1, -0.05) is 0 Å². The van der Waals surface area contributed by atoms with Crippen LogP contribution >= 0.6 is 0 Å². The minimum Gasteiger partial charge on any atom is -0.329 e. The molecule has 1 fully saturated rings. The molecule has 2 rings (SSSR count). The highest BCUT2D eigenvalue weighted by molar-refractivity contribution is 7.89. The number of nitrogens with two attached hydrogens (primary N) is 1. The minimum atomic E-state index is -4.17. The zero-order chi connectivity index (χ0) is 15.8. The van der Waals surface area contributed by atoms with Crippen molar-refractivity contribution in [2.45, 2.75) is 23.8 Å². The molecular formula is C12H16FN3O4S. The summed E-state index contributed by atoms with van der Waals surface area (Å²) in [6.45, 7) is 0.122. The van der Waals surface area contributed by atoms with Crippen LogP contribution in [-0.4, -0.2) is 37.3 Å². The van der Waals surface area contributed by atoms with Crippen molar-refractivity contribution in [2.24, 2.45) is 11.7 Å².